The summed E-state index contributed by atoms with van der Waals surface area (Å²) in [6, 6.07) is 13.3. The molecule has 3 heterocycles. The van der Waals surface area contributed by atoms with Gasteiger partial charge in [0, 0.05) is 34.8 Å². The van der Waals surface area contributed by atoms with Gasteiger partial charge in [-0.3, -0.25) is 19.9 Å². The highest BCUT2D eigenvalue weighted by Crippen LogP contribution is 2.24. The summed E-state index contributed by atoms with van der Waals surface area (Å²) in [6.45, 7) is 0. The number of hydrogen-bond donors (Lipinski definition) is 2. The molecule has 4 rings (SSSR count). The molecule has 0 aliphatic carbocycles. The number of hydrogen-bond acceptors (Lipinski definition) is 7. The topological polar surface area (TPSA) is 96.9 Å². The Bertz CT molecular complexity index is 1200. The van der Waals surface area contributed by atoms with E-state index in [1.165, 1.54) is 28.7 Å². The Morgan fingerprint density at radius 1 is 0.935 bits per heavy atom. The molecule has 0 bridgehead atoms. The van der Waals surface area contributed by atoms with Crippen LogP contribution in [0.4, 0.5) is 10.3 Å². The van der Waals surface area contributed by atoms with Crippen molar-refractivity contribution >= 4 is 50.8 Å². The lowest BCUT2D eigenvalue weighted by molar-refractivity contribution is -0.115. The molecule has 0 aliphatic rings. The largest absolute Gasteiger partial charge is 0.302 e. The standard InChI is InChI=1S/C22H17N5O2S2/c28-19(9-8-15-5-2-1-3-6-15)26-21-24-17(13-30-21)11-20(29)27-22-25-18(14-31-22)16-7-4-10-23-12-16/h1-10,12-14H,11H2,(H,24,26,28)(H,25,27,29)/b9-8+. The molecule has 31 heavy (non-hydrogen) atoms. The van der Waals surface area contributed by atoms with Crippen LogP contribution >= 0.6 is 22.7 Å². The van der Waals surface area contributed by atoms with E-state index in [4.69, 9.17) is 0 Å². The molecule has 0 atom stereocenters. The number of thiazole rings is 2. The number of amides is 2. The third-order valence-corrected chi connectivity index (χ3v) is 5.62. The van der Waals surface area contributed by atoms with E-state index in [1.54, 1.807) is 23.8 Å². The van der Waals surface area contributed by atoms with Crippen molar-refractivity contribution in [2.75, 3.05) is 10.6 Å². The first-order chi connectivity index (χ1) is 15.2. The first-order valence-corrected chi connectivity index (χ1v) is 11.1. The van der Waals surface area contributed by atoms with E-state index in [-0.39, 0.29) is 18.2 Å². The van der Waals surface area contributed by atoms with Crippen molar-refractivity contribution in [2.24, 2.45) is 0 Å². The average molecular weight is 448 g/mol. The molecule has 0 spiro atoms. The highest BCUT2D eigenvalue weighted by atomic mass is 32.1. The zero-order chi connectivity index (χ0) is 21.5. The number of pyridine rings is 1. The molecule has 4 aromatic rings. The molecule has 9 heteroatoms. The van der Waals surface area contributed by atoms with Crippen LogP contribution in [0.25, 0.3) is 17.3 Å². The first-order valence-electron chi connectivity index (χ1n) is 9.30. The van der Waals surface area contributed by atoms with Gasteiger partial charge >= 0.3 is 0 Å². The number of carbonyl (C=O) groups is 2. The van der Waals surface area contributed by atoms with Gasteiger partial charge in [0.15, 0.2) is 10.3 Å². The van der Waals surface area contributed by atoms with E-state index in [1.807, 2.05) is 47.8 Å². The molecule has 3 aromatic heterocycles. The van der Waals surface area contributed by atoms with Crippen LogP contribution in [0.2, 0.25) is 0 Å². The monoisotopic (exact) mass is 447 g/mol. The van der Waals surface area contributed by atoms with Crippen LogP contribution in [0, 0.1) is 0 Å². The average Bonchev–Trinajstić information content (AvgIpc) is 3.43. The van der Waals surface area contributed by atoms with Crippen LogP contribution in [0.15, 0.2) is 71.7 Å². The molecule has 1 aromatic carbocycles. The van der Waals surface area contributed by atoms with Gasteiger partial charge in [-0.25, -0.2) is 9.97 Å². The molecular formula is C22H17N5O2S2. The lowest BCUT2D eigenvalue weighted by Gasteiger charge is -2.00. The molecule has 0 saturated carbocycles. The van der Waals surface area contributed by atoms with E-state index >= 15 is 0 Å². The van der Waals surface area contributed by atoms with Gasteiger partial charge in [-0.05, 0) is 23.8 Å². The molecule has 0 unspecified atom stereocenters. The molecule has 2 amide bonds. The quantitative estimate of drug-likeness (QED) is 0.407. The Hall–Kier alpha value is -3.69. The molecule has 2 N–H and O–H groups in total. The maximum absolute atomic E-state index is 12.3. The number of nitrogens with one attached hydrogen (secondary N) is 2. The minimum Gasteiger partial charge on any atom is -0.302 e. The predicted octanol–water partition coefficient (Wildman–Crippen LogP) is 4.49. The second-order valence-corrected chi connectivity index (χ2v) is 8.10. The number of rotatable bonds is 7. The van der Waals surface area contributed by atoms with Crippen LogP contribution in [0.1, 0.15) is 11.3 Å². The van der Waals surface area contributed by atoms with E-state index < -0.39 is 0 Å². The zero-order valence-corrected chi connectivity index (χ0v) is 17.8. The number of carbonyl (C=O) groups excluding carboxylic acids is 2. The van der Waals surface area contributed by atoms with Gasteiger partial charge in [0.25, 0.3) is 0 Å². The van der Waals surface area contributed by atoms with Crippen LogP contribution in [-0.4, -0.2) is 26.8 Å². The van der Waals surface area contributed by atoms with Gasteiger partial charge in [-0.2, -0.15) is 0 Å². The van der Waals surface area contributed by atoms with Gasteiger partial charge in [0.2, 0.25) is 11.8 Å². The van der Waals surface area contributed by atoms with Crippen molar-refractivity contribution < 1.29 is 9.59 Å². The maximum atomic E-state index is 12.3. The summed E-state index contributed by atoms with van der Waals surface area (Å²) in [5, 5.41) is 10.1. The summed E-state index contributed by atoms with van der Waals surface area (Å²) < 4.78 is 0. The highest BCUT2D eigenvalue weighted by molar-refractivity contribution is 7.14. The third kappa shape index (κ3) is 5.91. The summed E-state index contributed by atoms with van der Waals surface area (Å²) >= 11 is 2.62. The van der Waals surface area contributed by atoms with Crippen molar-refractivity contribution in [3.05, 3.63) is 83.0 Å². The summed E-state index contributed by atoms with van der Waals surface area (Å²) in [6.07, 6.45) is 6.69. The van der Waals surface area contributed by atoms with E-state index in [2.05, 4.69) is 25.6 Å². The Balaban J connectivity index is 1.29. The predicted molar refractivity (Wildman–Crippen MR) is 124 cm³/mol. The minimum absolute atomic E-state index is 0.0913. The van der Waals surface area contributed by atoms with Crippen molar-refractivity contribution in [2.45, 2.75) is 6.42 Å². The number of nitrogens with zero attached hydrogens (tertiary/aromatic N) is 3. The molecule has 0 saturated heterocycles. The molecule has 0 aliphatic heterocycles. The van der Waals surface area contributed by atoms with Crippen molar-refractivity contribution in [3.63, 3.8) is 0 Å². The SMILES string of the molecule is O=C(/C=C/c1ccccc1)Nc1nc(CC(=O)Nc2nc(-c3cccnc3)cs2)cs1. The smallest absolute Gasteiger partial charge is 0.250 e. The Morgan fingerprint density at radius 2 is 1.74 bits per heavy atom. The Kier molecular flexibility index (Phi) is 6.56. The van der Waals surface area contributed by atoms with Crippen molar-refractivity contribution in [3.8, 4) is 11.3 Å². The number of anilines is 2. The molecule has 154 valence electrons. The maximum Gasteiger partial charge on any atom is 0.250 e. The van der Waals surface area contributed by atoms with Crippen LogP contribution in [-0.2, 0) is 16.0 Å². The second-order valence-electron chi connectivity index (χ2n) is 6.38. The molecule has 7 nitrogen and oxygen atoms in total. The minimum atomic E-state index is -0.278. The van der Waals surface area contributed by atoms with Crippen LogP contribution < -0.4 is 10.6 Å². The van der Waals surface area contributed by atoms with Gasteiger partial charge in [-0.15, -0.1) is 22.7 Å². The van der Waals surface area contributed by atoms with Crippen LogP contribution in [0.5, 0.6) is 0 Å². The van der Waals surface area contributed by atoms with E-state index in [0.717, 1.165) is 16.8 Å². The van der Waals surface area contributed by atoms with Gasteiger partial charge in [0.05, 0.1) is 17.8 Å². The fourth-order valence-electron chi connectivity index (χ4n) is 2.63. The number of benzene rings is 1. The fourth-order valence-corrected chi connectivity index (χ4v) is 4.08. The van der Waals surface area contributed by atoms with Gasteiger partial charge < -0.3 is 5.32 Å². The molecular weight excluding hydrogens is 430 g/mol. The zero-order valence-electron chi connectivity index (χ0n) is 16.2. The number of aromatic nitrogens is 3. The summed E-state index contributed by atoms with van der Waals surface area (Å²) in [7, 11) is 0. The van der Waals surface area contributed by atoms with Crippen molar-refractivity contribution in [1.82, 2.24) is 15.0 Å². The fraction of sp³-hybridized carbons (Fsp3) is 0.0455. The first kappa shape index (κ1) is 20.6. The summed E-state index contributed by atoms with van der Waals surface area (Å²) in [5.41, 5.74) is 3.16. The Morgan fingerprint density at radius 3 is 2.55 bits per heavy atom. The summed E-state index contributed by atoms with van der Waals surface area (Å²) in [5.74, 6) is -0.501. The van der Waals surface area contributed by atoms with Gasteiger partial charge in [0.1, 0.15) is 0 Å². The summed E-state index contributed by atoms with van der Waals surface area (Å²) in [4.78, 5) is 37.2. The highest BCUT2D eigenvalue weighted by Gasteiger charge is 2.12. The lowest BCUT2D eigenvalue weighted by atomic mass is 10.2. The third-order valence-electron chi connectivity index (χ3n) is 4.06. The van der Waals surface area contributed by atoms with Crippen LogP contribution in [0.3, 0.4) is 0 Å². The Labute approximate surface area is 186 Å². The second kappa shape index (κ2) is 9.88. The van der Waals surface area contributed by atoms with Gasteiger partial charge in [-0.1, -0.05) is 30.3 Å². The lowest BCUT2D eigenvalue weighted by Crippen LogP contribution is -2.14. The van der Waals surface area contributed by atoms with E-state index in [0.29, 0.717) is 16.0 Å². The molecule has 0 fully saturated rings. The van der Waals surface area contributed by atoms with Crippen molar-refractivity contribution in [1.29, 1.82) is 0 Å². The molecule has 0 radical (unpaired) electrons. The normalized spacial score (nSPS) is 10.8. The van der Waals surface area contributed by atoms with E-state index in [9.17, 15) is 9.59 Å².